The molecule has 2 aromatic carbocycles. The van der Waals surface area contributed by atoms with Crippen molar-refractivity contribution in [2.75, 3.05) is 5.32 Å². The zero-order valence-electron chi connectivity index (χ0n) is 14.1. The van der Waals surface area contributed by atoms with Crippen molar-refractivity contribution in [3.05, 3.63) is 63.7 Å². The number of amides is 1. The summed E-state index contributed by atoms with van der Waals surface area (Å²) in [6.07, 6.45) is -0.919. The highest BCUT2D eigenvalue weighted by Crippen LogP contribution is 2.20. The molecule has 0 unspecified atom stereocenters. The lowest BCUT2D eigenvalue weighted by molar-refractivity contribution is -0.123. The summed E-state index contributed by atoms with van der Waals surface area (Å²) in [7, 11) is 0. The van der Waals surface area contributed by atoms with Gasteiger partial charge >= 0.3 is 5.97 Å². The molecule has 0 aliphatic heterocycles. The van der Waals surface area contributed by atoms with Crippen molar-refractivity contribution in [1.29, 1.82) is 0 Å². The minimum atomic E-state index is -0.919. The molecule has 0 spiro atoms. The Balaban J connectivity index is 2.04. The number of hydrogen-bond acceptors (Lipinski definition) is 3. The first kappa shape index (κ1) is 18.0. The Kier molecular flexibility index (Phi) is 5.62. The quantitative estimate of drug-likeness (QED) is 0.833. The number of esters is 1. The minimum Gasteiger partial charge on any atom is -0.449 e. The van der Waals surface area contributed by atoms with Crippen molar-refractivity contribution < 1.29 is 14.3 Å². The zero-order valence-corrected chi connectivity index (χ0v) is 14.9. The van der Waals surface area contributed by atoms with Gasteiger partial charge in [-0.25, -0.2) is 4.79 Å². The van der Waals surface area contributed by atoms with E-state index in [-0.39, 0.29) is 0 Å². The number of carbonyl (C=O) groups is 2. The van der Waals surface area contributed by atoms with E-state index < -0.39 is 18.0 Å². The molecule has 24 heavy (non-hydrogen) atoms. The van der Waals surface area contributed by atoms with E-state index in [0.717, 1.165) is 16.7 Å². The second-order valence-electron chi connectivity index (χ2n) is 5.80. The maximum Gasteiger partial charge on any atom is 0.338 e. The first-order chi connectivity index (χ1) is 11.3. The molecule has 0 heterocycles. The SMILES string of the molecule is Cc1ccc(C(=O)O[C@H](C)C(=O)Nc2cc(Cl)ccc2C)cc1C. The van der Waals surface area contributed by atoms with Gasteiger partial charge in [-0.3, -0.25) is 4.79 Å². The normalized spacial score (nSPS) is 11.7. The number of carbonyl (C=O) groups excluding carboxylic acids is 2. The molecule has 5 heteroatoms. The van der Waals surface area contributed by atoms with E-state index in [1.807, 2.05) is 32.9 Å². The summed E-state index contributed by atoms with van der Waals surface area (Å²) in [5.41, 5.74) is 3.99. The van der Waals surface area contributed by atoms with E-state index >= 15 is 0 Å². The molecule has 0 aliphatic carbocycles. The molecular weight excluding hydrogens is 326 g/mol. The molecule has 2 rings (SSSR count). The molecule has 0 bridgehead atoms. The Labute approximate surface area is 146 Å². The fourth-order valence-electron chi connectivity index (χ4n) is 2.11. The lowest BCUT2D eigenvalue weighted by atomic mass is 10.1. The Morgan fingerprint density at radius 3 is 2.33 bits per heavy atom. The summed E-state index contributed by atoms with van der Waals surface area (Å²) in [5, 5.41) is 3.25. The van der Waals surface area contributed by atoms with Crippen molar-refractivity contribution in [3.8, 4) is 0 Å². The molecule has 0 saturated heterocycles. The van der Waals surface area contributed by atoms with Crippen LogP contribution in [0, 0.1) is 20.8 Å². The van der Waals surface area contributed by atoms with Crippen molar-refractivity contribution in [1.82, 2.24) is 0 Å². The Hall–Kier alpha value is -2.33. The number of nitrogens with one attached hydrogen (secondary N) is 1. The molecular formula is C19H20ClNO3. The fourth-order valence-corrected chi connectivity index (χ4v) is 2.29. The number of rotatable bonds is 4. The summed E-state index contributed by atoms with van der Waals surface area (Å²) in [6, 6.07) is 10.5. The highest BCUT2D eigenvalue weighted by atomic mass is 35.5. The van der Waals surface area contributed by atoms with Gasteiger partial charge in [-0.15, -0.1) is 0 Å². The van der Waals surface area contributed by atoms with E-state index in [4.69, 9.17) is 16.3 Å². The molecule has 0 radical (unpaired) electrons. The third kappa shape index (κ3) is 4.36. The molecule has 0 saturated carbocycles. The largest absolute Gasteiger partial charge is 0.449 e. The van der Waals surface area contributed by atoms with Gasteiger partial charge in [0, 0.05) is 10.7 Å². The molecule has 1 amide bonds. The summed E-state index contributed by atoms with van der Waals surface area (Å²) < 4.78 is 5.25. The van der Waals surface area contributed by atoms with Crippen LogP contribution in [-0.2, 0) is 9.53 Å². The average molecular weight is 346 g/mol. The Morgan fingerprint density at radius 1 is 1.00 bits per heavy atom. The second kappa shape index (κ2) is 7.49. The van der Waals surface area contributed by atoms with Crippen molar-refractivity contribution in [3.63, 3.8) is 0 Å². The van der Waals surface area contributed by atoms with Crippen LogP contribution < -0.4 is 5.32 Å². The smallest absolute Gasteiger partial charge is 0.338 e. The van der Waals surface area contributed by atoms with Crippen LogP contribution >= 0.6 is 11.6 Å². The van der Waals surface area contributed by atoms with Crippen molar-refractivity contribution >= 4 is 29.2 Å². The van der Waals surface area contributed by atoms with Crippen LogP contribution in [0.15, 0.2) is 36.4 Å². The number of halogens is 1. The van der Waals surface area contributed by atoms with Crippen LogP contribution in [0.25, 0.3) is 0 Å². The Bertz CT molecular complexity index is 786. The van der Waals surface area contributed by atoms with Gasteiger partial charge in [0.15, 0.2) is 6.10 Å². The highest BCUT2D eigenvalue weighted by Gasteiger charge is 2.20. The number of benzene rings is 2. The van der Waals surface area contributed by atoms with Gasteiger partial charge in [-0.1, -0.05) is 23.7 Å². The molecule has 1 N–H and O–H groups in total. The lowest BCUT2D eigenvalue weighted by Gasteiger charge is -2.15. The molecule has 0 fully saturated rings. The monoisotopic (exact) mass is 345 g/mol. The van der Waals surface area contributed by atoms with E-state index in [1.165, 1.54) is 6.92 Å². The number of anilines is 1. The molecule has 0 aromatic heterocycles. The van der Waals surface area contributed by atoms with Crippen LogP contribution in [0.2, 0.25) is 5.02 Å². The third-order valence-electron chi connectivity index (χ3n) is 3.85. The number of aryl methyl sites for hydroxylation is 3. The van der Waals surface area contributed by atoms with Gasteiger partial charge < -0.3 is 10.1 Å². The molecule has 4 nitrogen and oxygen atoms in total. The second-order valence-corrected chi connectivity index (χ2v) is 6.23. The molecule has 126 valence electrons. The van der Waals surface area contributed by atoms with E-state index in [1.54, 1.807) is 24.3 Å². The minimum absolute atomic E-state index is 0.405. The van der Waals surface area contributed by atoms with Gasteiger partial charge in [0.1, 0.15) is 0 Å². The molecule has 0 aliphatic rings. The van der Waals surface area contributed by atoms with E-state index in [9.17, 15) is 9.59 Å². The van der Waals surface area contributed by atoms with E-state index in [0.29, 0.717) is 16.3 Å². The number of hydrogen-bond donors (Lipinski definition) is 1. The average Bonchev–Trinajstić information content (AvgIpc) is 2.53. The number of ether oxygens (including phenoxy) is 1. The van der Waals surface area contributed by atoms with Crippen LogP contribution in [-0.4, -0.2) is 18.0 Å². The summed E-state index contributed by atoms with van der Waals surface area (Å²) in [5.74, 6) is -0.930. The van der Waals surface area contributed by atoms with Crippen LogP contribution in [0.3, 0.4) is 0 Å². The zero-order chi connectivity index (χ0) is 17.9. The van der Waals surface area contributed by atoms with Crippen LogP contribution in [0.1, 0.15) is 34.0 Å². The summed E-state index contributed by atoms with van der Waals surface area (Å²) in [4.78, 5) is 24.4. The third-order valence-corrected chi connectivity index (χ3v) is 4.09. The lowest BCUT2D eigenvalue weighted by Crippen LogP contribution is -2.30. The standard InChI is InChI=1S/C19H20ClNO3/c1-11-5-7-15(9-13(11)3)19(23)24-14(4)18(22)21-17-10-16(20)8-6-12(17)2/h5-10,14H,1-4H3,(H,21,22)/t14-/m1/s1. The molecule has 1 atom stereocenters. The topological polar surface area (TPSA) is 55.4 Å². The predicted octanol–water partition coefficient (Wildman–Crippen LogP) is 4.45. The van der Waals surface area contributed by atoms with Gasteiger partial charge in [0.05, 0.1) is 5.56 Å². The van der Waals surface area contributed by atoms with Crippen LogP contribution in [0.4, 0.5) is 5.69 Å². The highest BCUT2D eigenvalue weighted by molar-refractivity contribution is 6.31. The van der Waals surface area contributed by atoms with Crippen molar-refractivity contribution in [2.45, 2.75) is 33.8 Å². The van der Waals surface area contributed by atoms with E-state index in [2.05, 4.69) is 5.32 Å². The summed E-state index contributed by atoms with van der Waals surface area (Å²) >= 11 is 5.94. The van der Waals surface area contributed by atoms with Gasteiger partial charge in [-0.05, 0) is 68.7 Å². The summed E-state index contributed by atoms with van der Waals surface area (Å²) in [6.45, 7) is 7.28. The van der Waals surface area contributed by atoms with Gasteiger partial charge in [0.25, 0.3) is 5.91 Å². The first-order valence-corrected chi connectivity index (χ1v) is 8.01. The fraction of sp³-hybridized carbons (Fsp3) is 0.263. The van der Waals surface area contributed by atoms with Gasteiger partial charge in [0.2, 0.25) is 0 Å². The first-order valence-electron chi connectivity index (χ1n) is 7.63. The van der Waals surface area contributed by atoms with Crippen molar-refractivity contribution in [2.24, 2.45) is 0 Å². The predicted molar refractivity (Wildman–Crippen MR) is 95.6 cm³/mol. The maximum absolute atomic E-state index is 12.2. The van der Waals surface area contributed by atoms with Crippen LogP contribution in [0.5, 0.6) is 0 Å². The van der Waals surface area contributed by atoms with Gasteiger partial charge in [-0.2, -0.15) is 0 Å². The maximum atomic E-state index is 12.2. The Morgan fingerprint density at radius 2 is 1.67 bits per heavy atom. The molecule has 2 aromatic rings.